The summed E-state index contributed by atoms with van der Waals surface area (Å²) >= 11 is 4.14. The van der Waals surface area contributed by atoms with Gasteiger partial charge in [0.15, 0.2) is 0 Å². The molecule has 2 N–H and O–H groups in total. The zero-order valence-corrected chi connectivity index (χ0v) is 7.51. The molecule has 0 heterocycles. The number of aryl methyl sites for hydroxylation is 1. The molecule has 0 bridgehead atoms. The molecule has 0 saturated carbocycles. The van der Waals surface area contributed by atoms with Crippen LogP contribution in [0.1, 0.15) is 17.2 Å². The van der Waals surface area contributed by atoms with Crippen molar-refractivity contribution in [2.75, 3.05) is 5.75 Å². The van der Waals surface area contributed by atoms with Crippen molar-refractivity contribution < 1.29 is 0 Å². The third-order valence-corrected chi connectivity index (χ3v) is 2.06. The Balaban J connectivity index is 2.86. The lowest BCUT2D eigenvalue weighted by Gasteiger charge is -2.08. The summed E-state index contributed by atoms with van der Waals surface area (Å²) in [6.07, 6.45) is 0. The van der Waals surface area contributed by atoms with E-state index in [1.165, 1.54) is 11.1 Å². The highest BCUT2D eigenvalue weighted by atomic mass is 32.1. The molecule has 1 atom stereocenters. The molecule has 60 valence electrons. The maximum absolute atomic E-state index is 5.79. The van der Waals surface area contributed by atoms with E-state index in [-0.39, 0.29) is 6.04 Å². The van der Waals surface area contributed by atoms with Crippen molar-refractivity contribution in [2.45, 2.75) is 13.0 Å². The van der Waals surface area contributed by atoms with Gasteiger partial charge in [0.1, 0.15) is 0 Å². The lowest BCUT2D eigenvalue weighted by Crippen LogP contribution is -2.11. The number of nitrogens with two attached hydrogens (primary N) is 1. The summed E-state index contributed by atoms with van der Waals surface area (Å²) in [6, 6.07) is 8.29. The molecule has 0 saturated heterocycles. The predicted octanol–water partition coefficient (Wildman–Crippen LogP) is 1.92. The minimum Gasteiger partial charge on any atom is -0.323 e. The average Bonchev–Trinajstić information content (AvgIpc) is 2.03. The normalized spacial score (nSPS) is 13.0. The monoisotopic (exact) mass is 167 g/mol. The van der Waals surface area contributed by atoms with Gasteiger partial charge < -0.3 is 5.73 Å². The van der Waals surface area contributed by atoms with Crippen LogP contribution in [-0.4, -0.2) is 5.75 Å². The first-order chi connectivity index (χ1) is 5.24. The van der Waals surface area contributed by atoms with Crippen molar-refractivity contribution >= 4 is 12.6 Å². The Labute approximate surface area is 73.0 Å². The number of thiol groups is 1. The Bertz CT molecular complexity index is 235. The van der Waals surface area contributed by atoms with Crippen molar-refractivity contribution in [1.82, 2.24) is 0 Å². The highest BCUT2D eigenvalue weighted by molar-refractivity contribution is 7.80. The summed E-state index contributed by atoms with van der Waals surface area (Å²) in [6.45, 7) is 2.06. The largest absolute Gasteiger partial charge is 0.323 e. The molecule has 1 aromatic rings. The first-order valence-corrected chi connectivity index (χ1v) is 4.30. The molecule has 0 aromatic heterocycles. The van der Waals surface area contributed by atoms with Crippen molar-refractivity contribution in [3.8, 4) is 0 Å². The van der Waals surface area contributed by atoms with Gasteiger partial charge in [-0.2, -0.15) is 12.6 Å². The fourth-order valence-electron chi connectivity index (χ4n) is 1.01. The molecule has 1 aromatic carbocycles. The quantitative estimate of drug-likeness (QED) is 0.647. The molecule has 0 amide bonds. The van der Waals surface area contributed by atoms with E-state index in [0.717, 1.165) is 0 Å². The highest BCUT2D eigenvalue weighted by Gasteiger charge is 2.01. The highest BCUT2D eigenvalue weighted by Crippen LogP contribution is 2.12. The molecule has 0 fully saturated rings. The maximum Gasteiger partial charge on any atom is 0.0384 e. The zero-order valence-electron chi connectivity index (χ0n) is 6.62. The summed E-state index contributed by atoms with van der Waals surface area (Å²) in [7, 11) is 0. The smallest absolute Gasteiger partial charge is 0.0384 e. The molecular formula is C9H13NS. The molecule has 2 heteroatoms. The van der Waals surface area contributed by atoms with Crippen molar-refractivity contribution in [3.05, 3.63) is 35.4 Å². The van der Waals surface area contributed by atoms with Crippen LogP contribution < -0.4 is 5.73 Å². The molecule has 0 spiro atoms. The van der Waals surface area contributed by atoms with Crippen molar-refractivity contribution in [1.29, 1.82) is 0 Å². The third kappa shape index (κ3) is 2.24. The van der Waals surface area contributed by atoms with Crippen LogP contribution in [0.3, 0.4) is 0 Å². The summed E-state index contributed by atoms with van der Waals surface area (Å²) in [5, 5.41) is 0. The Morgan fingerprint density at radius 2 is 2.27 bits per heavy atom. The summed E-state index contributed by atoms with van der Waals surface area (Å²) in [4.78, 5) is 0. The van der Waals surface area contributed by atoms with Gasteiger partial charge in [-0.15, -0.1) is 0 Å². The number of hydrogen-bond acceptors (Lipinski definition) is 2. The van der Waals surface area contributed by atoms with Gasteiger partial charge in [-0.1, -0.05) is 29.8 Å². The fraction of sp³-hybridized carbons (Fsp3) is 0.333. The van der Waals surface area contributed by atoms with Gasteiger partial charge in [0.25, 0.3) is 0 Å². The lowest BCUT2D eigenvalue weighted by atomic mass is 10.1. The van der Waals surface area contributed by atoms with Gasteiger partial charge in [-0.3, -0.25) is 0 Å². The SMILES string of the molecule is Cc1cccc(C(N)CS)c1. The summed E-state index contributed by atoms with van der Waals surface area (Å²) < 4.78 is 0. The van der Waals surface area contributed by atoms with Crippen LogP contribution in [0.25, 0.3) is 0 Å². The fourth-order valence-corrected chi connectivity index (χ4v) is 1.22. The number of rotatable bonds is 2. The van der Waals surface area contributed by atoms with Crippen molar-refractivity contribution in [2.24, 2.45) is 5.73 Å². The molecule has 0 radical (unpaired) electrons. The summed E-state index contributed by atoms with van der Waals surface area (Å²) in [5.41, 5.74) is 8.20. The van der Waals surface area contributed by atoms with Gasteiger partial charge in [0, 0.05) is 11.8 Å². The first-order valence-electron chi connectivity index (χ1n) is 3.67. The Hall–Kier alpha value is -0.470. The van der Waals surface area contributed by atoms with Gasteiger partial charge in [0.2, 0.25) is 0 Å². The van der Waals surface area contributed by atoms with E-state index in [1.807, 2.05) is 12.1 Å². The van der Waals surface area contributed by atoms with E-state index >= 15 is 0 Å². The van der Waals surface area contributed by atoms with Crippen LogP contribution in [0.15, 0.2) is 24.3 Å². The average molecular weight is 167 g/mol. The molecule has 1 nitrogen and oxygen atoms in total. The Morgan fingerprint density at radius 3 is 2.82 bits per heavy atom. The second kappa shape index (κ2) is 3.79. The number of benzene rings is 1. The molecule has 1 rings (SSSR count). The second-order valence-electron chi connectivity index (χ2n) is 2.70. The maximum atomic E-state index is 5.79. The van der Waals surface area contributed by atoms with Crippen LogP contribution in [0.5, 0.6) is 0 Å². The Kier molecular flexibility index (Phi) is 2.97. The zero-order chi connectivity index (χ0) is 8.27. The molecule has 0 aliphatic carbocycles. The van der Waals surface area contributed by atoms with Crippen LogP contribution >= 0.6 is 12.6 Å². The standard InChI is InChI=1S/C9H13NS/c1-7-3-2-4-8(5-7)9(10)6-11/h2-5,9,11H,6,10H2,1H3. The van der Waals surface area contributed by atoms with E-state index in [1.54, 1.807) is 0 Å². The minimum absolute atomic E-state index is 0.0678. The third-order valence-electron chi connectivity index (χ3n) is 1.67. The molecule has 1 unspecified atom stereocenters. The molecule has 0 aliphatic rings. The van der Waals surface area contributed by atoms with Crippen LogP contribution in [0, 0.1) is 6.92 Å². The predicted molar refractivity (Wildman–Crippen MR) is 52.0 cm³/mol. The summed E-state index contributed by atoms with van der Waals surface area (Å²) in [5.74, 6) is 0.698. The van der Waals surface area contributed by atoms with Crippen LogP contribution in [0.2, 0.25) is 0 Å². The van der Waals surface area contributed by atoms with Gasteiger partial charge in [-0.25, -0.2) is 0 Å². The van der Waals surface area contributed by atoms with E-state index < -0.39 is 0 Å². The minimum atomic E-state index is 0.0678. The molecular weight excluding hydrogens is 154 g/mol. The van der Waals surface area contributed by atoms with E-state index in [0.29, 0.717) is 5.75 Å². The van der Waals surface area contributed by atoms with E-state index in [9.17, 15) is 0 Å². The van der Waals surface area contributed by atoms with Gasteiger partial charge in [0.05, 0.1) is 0 Å². The first kappa shape index (κ1) is 8.62. The van der Waals surface area contributed by atoms with Gasteiger partial charge >= 0.3 is 0 Å². The van der Waals surface area contributed by atoms with Crippen molar-refractivity contribution in [3.63, 3.8) is 0 Å². The molecule has 0 aliphatic heterocycles. The lowest BCUT2D eigenvalue weighted by molar-refractivity contribution is 0.833. The Morgan fingerprint density at radius 1 is 1.55 bits per heavy atom. The second-order valence-corrected chi connectivity index (χ2v) is 3.07. The van der Waals surface area contributed by atoms with Crippen LogP contribution in [0.4, 0.5) is 0 Å². The van der Waals surface area contributed by atoms with Gasteiger partial charge in [-0.05, 0) is 12.5 Å². The van der Waals surface area contributed by atoms with E-state index in [4.69, 9.17) is 5.73 Å². The molecule has 11 heavy (non-hydrogen) atoms. The van der Waals surface area contributed by atoms with E-state index in [2.05, 4.69) is 31.7 Å². The topological polar surface area (TPSA) is 26.0 Å². The van der Waals surface area contributed by atoms with Crippen LogP contribution in [-0.2, 0) is 0 Å². The number of hydrogen-bond donors (Lipinski definition) is 2.